The van der Waals surface area contributed by atoms with Crippen molar-refractivity contribution in [3.8, 4) is 5.75 Å². The van der Waals surface area contributed by atoms with E-state index in [-0.39, 0.29) is 6.10 Å². The zero-order valence-electron chi connectivity index (χ0n) is 12.4. The first kappa shape index (κ1) is 15.0. The smallest absolute Gasteiger partial charge is 0.122 e. The lowest BCUT2D eigenvalue weighted by Gasteiger charge is -2.20. The molecule has 2 atom stereocenters. The molecule has 0 bridgehead atoms. The van der Waals surface area contributed by atoms with Gasteiger partial charge in [0.2, 0.25) is 0 Å². The molecule has 0 aliphatic carbocycles. The van der Waals surface area contributed by atoms with Gasteiger partial charge >= 0.3 is 0 Å². The van der Waals surface area contributed by atoms with Gasteiger partial charge < -0.3 is 10.1 Å². The predicted octanol–water partition coefficient (Wildman–Crippen LogP) is 3.85. The summed E-state index contributed by atoms with van der Waals surface area (Å²) in [6.07, 6.45) is 2.64. The van der Waals surface area contributed by atoms with Crippen LogP contribution < -0.4 is 10.1 Å². The Bertz CT molecular complexity index is 362. The van der Waals surface area contributed by atoms with E-state index < -0.39 is 0 Å². The second-order valence-corrected chi connectivity index (χ2v) is 5.30. The van der Waals surface area contributed by atoms with Crippen molar-refractivity contribution in [3.63, 3.8) is 0 Å². The summed E-state index contributed by atoms with van der Waals surface area (Å²) >= 11 is 0. The topological polar surface area (TPSA) is 21.3 Å². The number of ether oxygens (including phenoxy) is 1. The van der Waals surface area contributed by atoms with Gasteiger partial charge in [0.1, 0.15) is 11.9 Å². The van der Waals surface area contributed by atoms with E-state index in [1.54, 1.807) is 0 Å². The predicted molar refractivity (Wildman–Crippen MR) is 78.4 cm³/mol. The van der Waals surface area contributed by atoms with Crippen LogP contribution in [0.3, 0.4) is 0 Å². The van der Waals surface area contributed by atoms with E-state index in [1.807, 2.05) is 0 Å². The highest BCUT2D eigenvalue weighted by Gasteiger charge is 2.08. The van der Waals surface area contributed by atoms with Crippen LogP contribution in [0, 0.1) is 13.8 Å². The van der Waals surface area contributed by atoms with E-state index in [4.69, 9.17) is 4.74 Å². The molecule has 2 unspecified atom stereocenters. The molecule has 0 aromatic heterocycles. The van der Waals surface area contributed by atoms with Crippen LogP contribution in [0.5, 0.6) is 5.75 Å². The van der Waals surface area contributed by atoms with Gasteiger partial charge in [-0.05, 0) is 51.3 Å². The van der Waals surface area contributed by atoms with Crippen molar-refractivity contribution in [2.45, 2.75) is 59.6 Å². The first-order valence-corrected chi connectivity index (χ1v) is 7.00. The van der Waals surface area contributed by atoms with E-state index in [9.17, 15) is 0 Å². The third-order valence-electron chi connectivity index (χ3n) is 3.15. The summed E-state index contributed by atoms with van der Waals surface area (Å²) in [5.41, 5.74) is 2.45. The Kier molecular flexibility index (Phi) is 6.20. The molecule has 0 aliphatic rings. The molecule has 0 radical (unpaired) electrons. The van der Waals surface area contributed by atoms with Crippen LogP contribution in [0.25, 0.3) is 0 Å². The first-order valence-electron chi connectivity index (χ1n) is 7.00. The average molecular weight is 249 g/mol. The van der Waals surface area contributed by atoms with Gasteiger partial charge in [-0.25, -0.2) is 0 Å². The normalized spacial score (nSPS) is 14.3. The molecule has 2 heteroatoms. The maximum Gasteiger partial charge on any atom is 0.122 e. The van der Waals surface area contributed by atoms with Crippen molar-refractivity contribution in [3.05, 3.63) is 29.3 Å². The minimum Gasteiger partial charge on any atom is -0.489 e. The van der Waals surface area contributed by atoms with E-state index >= 15 is 0 Å². The second kappa shape index (κ2) is 7.42. The third kappa shape index (κ3) is 5.09. The maximum atomic E-state index is 5.99. The number of hydrogen-bond acceptors (Lipinski definition) is 2. The van der Waals surface area contributed by atoms with Crippen molar-refractivity contribution in [2.24, 2.45) is 0 Å². The van der Waals surface area contributed by atoms with E-state index in [1.165, 1.54) is 24.0 Å². The van der Waals surface area contributed by atoms with Crippen molar-refractivity contribution < 1.29 is 4.74 Å². The Morgan fingerprint density at radius 2 is 1.94 bits per heavy atom. The third-order valence-corrected chi connectivity index (χ3v) is 3.15. The van der Waals surface area contributed by atoms with Crippen LogP contribution in [-0.2, 0) is 0 Å². The zero-order chi connectivity index (χ0) is 13.5. The van der Waals surface area contributed by atoms with E-state index in [0.717, 1.165) is 12.3 Å². The molecule has 0 fully saturated rings. The number of benzene rings is 1. The Balaban J connectivity index is 2.44. The zero-order valence-corrected chi connectivity index (χ0v) is 12.4. The van der Waals surface area contributed by atoms with Crippen molar-refractivity contribution >= 4 is 0 Å². The molecule has 1 N–H and O–H groups in total. The number of rotatable bonds is 7. The molecule has 1 aromatic carbocycles. The lowest BCUT2D eigenvalue weighted by Crippen LogP contribution is -2.35. The molecule has 18 heavy (non-hydrogen) atoms. The Hall–Kier alpha value is -1.02. The molecule has 102 valence electrons. The van der Waals surface area contributed by atoms with Gasteiger partial charge in [-0.1, -0.05) is 25.5 Å². The monoisotopic (exact) mass is 249 g/mol. The molecule has 0 aliphatic heterocycles. The fourth-order valence-electron chi connectivity index (χ4n) is 1.99. The fraction of sp³-hybridized carbons (Fsp3) is 0.625. The molecule has 1 aromatic rings. The quantitative estimate of drug-likeness (QED) is 0.792. The van der Waals surface area contributed by atoms with Gasteiger partial charge in [0.15, 0.2) is 0 Å². The molecule has 0 amide bonds. The Morgan fingerprint density at radius 1 is 1.22 bits per heavy atom. The summed E-state index contributed by atoms with van der Waals surface area (Å²) in [7, 11) is 0. The standard InChI is InChI=1S/C16H27NO/c1-6-7-14(4)17-11-15(5)18-16-10-12(2)8-9-13(16)3/h8-10,14-15,17H,6-7,11H2,1-5H3. The van der Waals surface area contributed by atoms with Gasteiger partial charge in [0, 0.05) is 12.6 Å². The average Bonchev–Trinajstić information content (AvgIpc) is 2.32. The summed E-state index contributed by atoms with van der Waals surface area (Å²) in [5, 5.41) is 3.51. The summed E-state index contributed by atoms with van der Waals surface area (Å²) in [6, 6.07) is 6.92. The van der Waals surface area contributed by atoms with Crippen molar-refractivity contribution in [1.82, 2.24) is 5.32 Å². The van der Waals surface area contributed by atoms with Gasteiger partial charge in [-0.3, -0.25) is 0 Å². The minimum atomic E-state index is 0.199. The van der Waals surface area contributed by atoms with Gasteiger partial charge in [-0.2, -0.15) is 0 Å². The van der Waals surface area contributed by atoms with Crippen molar-refractivity contribution in [1.29, 1.82) is 0 Å². The SMILES string of the molecule is CCCC(C)NCC(C)Oc1cc(C)ccc1C. The highest BCUT2D eigenvalue weighted by molar-refractivity contribution is 5.36. The Morgan fingerprint density at radius 3 is 2.61 bits per heavy atom. The highest BCUT2D eigenvalue weighted by Crippen LogP contribution is 2.20. The molecule has 1 rings (SSSR count). The maximum absolute atomic E-state index is 5.99. The number of aryl methyl sites for hydroxylation is 2. The van der Waals surface area contributed by atoms with Crippen LogP contribution >= 0.6 is 0 Å². The Labute approximate surface area is 112 Å². The molecule has 0 saturated carbocycles. The van der Waals surface area contributed by atoms with Gasteiger partial charge in [-0.15, -0.1) is 0 Å². The summed E-state index contributed by atoms with van der Waals surface area (Å²) in [6.45, 7) is 11.7. The molecule has 0 saturated heterocycles. The molecule has 2 nitrogen and oxygen atoms in total. The lowest BCUT2D eigenvalue weighted by atomic mass is 10.1. The fourth-order valence-corrected chi connectivity index (χ4v) is 1.99. The molecule has 0 spiro atoms. The molecular weight excluding hydrogens is 222 g/mol. The van der Waals surface area contributed by atoms with Gasteiger partial charge in [0.25, 0.3) is 0 Å². The van der Waals surface area contributed by atoms with Crippen LogP contribution in [0.2, 0.25) is 0 Å². The van der Waals surface area contributed by atoms with Crippen LogP contribution in [0.15, 0.2) is 18.2 Å². The molecule has 0 heterocycles. The van der Waals surface area contributed by atoms with Crippen LogP contribution in [0.1, 0.15) is 44.7 Å². The summed E-state index contributed by atoms with van der Waals surface area (Å²) in [5.74, 6) is 1.01. The summed E-state index contributed by atoms with van der Waals surface area (Å²) in [4.78, 5) is 0. The van der Waals surface area contributed by atoms with E-state index in [0.29, 0.717) is 6.04 Å². The minimum absolute atomic E-state index is 0.199. The van der Waals surface area contributed by atoms with Crippen LogP contribution in [0.4, 0.5) is 0 Å². The number of hydrogen-bond donors (Lipinski definition) is 1. The van der Waals surface area contributed by atoms with Crippen LogP contribution in [-0.4, -0.2) is 18.7 Å². The lowest BCUT2D eigenvalue weighted by molar-refractivity contribution is 0.210. The van der Waals surface area contributed by atoms with E-state index in [2.05, 4.69) is 58.1 Å². The second-order valence-electron chi connectivity index (χ2n) is 5.30. The number of nitrogens with one attached hydrogen (secondary N) is 1. The van der Waals surface area contributed by atoms with Gasteiger partial charge in [0.05, 0.1) is 0 Å². The highest BCUT2D eigenvalue weighted by atomic mass is 16.5. The van der Waals surface area contributed by atoms with Crippen molar-refractivity contribution in [2.75, 3.05) is 6.54 Å². The largest absolute Gasteiger partial charge is 0.489 e. The summed E-state index contributed by atoms with van der Waals surface area (Å²) < 4.78 is 5.99. The molecular formula is C16H27NO. The first-order chi connectivity index (χ1) is 8.52.